The number of alkyl halides is 1. The average Bonchev–Trinajstić information content (AvgIpc) is 1.83. The second-order valence-electron chi connectivity index (χ2n) is 2.37. The van der Waals surface area contributed by atoms with Gasteiger partial charge >= 0.3 is 0 Å². The Hall–Kier alpha value is -0.150. The van der Waals surface area contributed by atoms with Crippen LogP contribution in [0.2, 0.25) is 0 Å². The molecule has 1 atom stereocenters. The van der Waals surface area contributed by atoms with Crippen LogP contribution in [0.25, 0.3) is 0 Å². The van der Waals surface area contributed by atoms with Gasteiger partial charge in [-0.25, -0.2) is 4.39 Å². The maximum absolute atomic E-state index is 12.2. The molecule has 0 radical (unpaired) electrons. The van der Waals surface area contributed by atoms with Gasteiger partial charge in [0.25, 0.3) is 0 Å². The zero-order valence-electron chi connectivity index (χ0n) is 5.97. The zero-order chi connectivity index (χ0) is 7.28. The van der Waals surface area contributed by atoms with Crippen LogP contribution in [-0.4, -0.2) is 43.4 Å². The van der Waals surface area contributed by atoms with E-state index in [-0.39, 0.29) is 6.61 Å². The van der Waals surface area contributed by atoms with Gasteiger partial charge in [-0.3, -0.25) is 0 Å². The van der Waals surface area contributed by atoms with Gasteiger partial charge in [0, 0.05) is 6.54 Å². The molecule has 0 amide bonds. The molecule has 0 fully saturated rings. The van der Waals surface area contributed by atoms with Crippen LogP contribution >= 0.6 is 0 Å². The van der Waals surface area contributed by atoms with Crippen LogP contribution in [0.1, 0.15) is 6.42 Å². The molecule has 0 aromatic rings. The van der Waals surface area contributed by atoms with E-state index >= 15 is 0 Å². The first-order chi connectivity index (χ1) is 4.16. The van der Waals surface area contributed by atoms with Crippen molar-refractivity contribution in [2.75, 3.05) is 27.2 Å². The first kappa shape index (κ1) is 8.85. The van der Waals surface area contributed by atoms with E-state index in [2.05, 4.69) is 0 Å². The van der Waals surface area contributed by atoms with Crippen LogP contribution < -0.4 is 0 Å². The van der Waals surface area contributed by atoms with E-state index in [1.165, 1.54) is 0 Å². The maximum atomic E-state index is 12.2. The summed E-state index contributed by atoms with van der Waals surface area (Å²) in [6.07, 6.45) is -0.629. The molecule has 0 aliphatic carbocycles. The van der Waals surface area contributed by atoms with Crippen molar-refractivity contribution in [2.24, 2.45) is 0 Å². The Morgan fingerprint density at radius 2 is 2.11 bits per heavy atom. The van der Waals surface area contributed by atoms with E-state index in [1.807, 2.05) is 19.0 Å². The molecule has 0 aliphatic rings. The van der Waals surface area contributed by atoms with Crippen molar-refractivity contribution >= 4 is 0 Å². The summed E-state index contributed by atoms with van der Waals surface area (Å²) in [7, 11) is 3.76. The minimum Gasteiger partial charge on any atom is -0.393 e. The Kier molecular flexibility index (Phi) is 4.62. The Morgan fingerprint density at radius 1 is 1.56 bits per heavy atom. The summed E-state index contributed by atoms with van der Waals surface area (Å²) in [6.45, 7) is 0.343. The molecule has 0 spiro atoms. The van der Waals surface area contributed by atoms with Gasteiger partial charge in [0.2, 0.25) is 0 Å². The Bertz CT molecular complexity index is 68.1. The third kappa shape index (κ3) is 5.73. The van der Waals surface area contributed by atoms with Crippen molar-refractivity contribution in [1.29, 1.82) is 0 Å². The lowest BCUT2D eigenvalue weighted by Crippen LogP contribution is -2.18. The van der Waals surface area contributed by atoms with Crippen LogP contribution in [0, 0.1) is 0 Å². The molecule has 0 aliphatic heterocycles. The van der Waals surface area contributed by atoms with Crippen LogP contribution in [0.15, 0.2) is 0 Å². The Labute approximate surface area is 55.3 Å². The molecule has 0 aromatic carbocycles. The third-order valence-electron chi connectivity index (χ3n) is 1.09. The standard InChI is InChI=1S/C6H14FNO/c1-8(2)4-3-6(7)5-9/h6,9H,3-5H2,1-2H3. The Balaban J connectivity index is 3.06. The van der Waals surface area contributed by atoms with Crippen LogP contribution in [0.3, 0.4) is 0 Å². The second kappa shape index (κ2) is 4.70. The number of aliphatic hydroxyl groups is 1. The van der Waals surface area contributed by atoms with Gasteiger partial charge < -0.3 is 10.0 Å². The van der Waals surface area contributed by atoms with E-state index in [9.17, 15) is 4.39 Å². The smallest absolute Gasteiger partial charge is 0.124 e. The fourth-order valence-electron chi connectivity index (χ4n) is 0.490. The molecule has 0 rings (SSSR count). The lowest BCUT2D eigenvalue weighted by Gasteiger charge is -2.09. The minimum atomic E-state index is -1.05. The molecule has 0 saturated heterocycles. The van der Waals surface area contributed by atoms with Gasteiger partial charge in [0.15, 0.2) is 0 Å². The first-order valence-corrected chi connectivity index (χ1v) is 3.06. The van der Waals surface area contributed by atoms with Crippen molar-refractivity contribution in [3.63, 3.8) is 0 Å². The molecule has 3 heteroatoms. The summed E-state index contributed by atoms with van der Waals surface area (Å²) in [6, 6.07) is 0. The van der Waals surface area contributed by atoms with E-state index < -0.39 is 6.17 Å². The summed E-state index contributed by atoms with van der Waals surface area (Å²) in [5.74, 6) is 0. The maximum Gasteiger partial charge on any atom is 0.124 e. The van der Waals surface area contributed by atoms with Gasteiger partial charge in [0.05, 0.1) is 6.61 Å². The first-order valence-electron chi connectivity index (χ1n) is 3.06. The van der Waals surface area contributed by atoms with E-state index in [4.69, 9.17) is 5.11 Å². The highest BCUT2D eigenvalue weighted by atomic mass is 19.1. The largest absolute Gasteiger partial charge is 0.393 e. The molecule has 0 bridgehead atoms. The lowest BCUT2D eigenvalue weighted by atomic mass is 10.3. The number of halogens is 1. The quantitative estimate of drug-likeness (QED) is 0.598. The lowest BCUT2D eigenvalue weighted by molar-refractivity contribution is 0.160. The normalized spacial score (nSPS) is 14.3. The van der Waals surface area contributed by atoms with Crippen molar-refractivity contribution in [1.82, 2.24) is 4.90 Å². The predicted molar refractivity (Wildman–Crippen MR) is 35.2 cm³/mol. The number of hydrogen-bond donors (Lipinski definition) is 1. The summed E-state index contributed by atoms with van der Waals surface area (Å²) < 4.78 is 12.2. The van der Waals surface area contributed by atoms with Crippen molar-refractivity contribution in [2.45, 2.75) is 12.6 Å². The minimum absolute atomic E-state index is 0.353. The predicted octanol–water partition coefficient (Wildman–Crippen LogP) is 0.269. The highest BCUT2D eigenvalue weighted by molar-refractivity contribution is 4.54. The highest BCUT2D eigenvalue weighted by Crippen LogP contribution is 1.95. The SMILES string of the molecule is CN(C)CCC(F)CO. The van der Waals surface area contributed by atoms with Gasteiger partial charge in [-0.15, -0.1) is 0 Å². The van der Waals surface area contributed by atoms with Gasteiger partial charge in [-0.05, 0) is 20.5 Å². The average molecular weight is 135 g/mol. The summed E-state index contributed by atoms with van der Waals surface area (Å²) >= 11 is 0. The molecule has 2 nitrogen and oxygen atoms in total. The van der Waals surface area contributed by atoms with Crippen LogP contribution in [0.5, 0.6) is 0 Å². The summed E-state index contributed by atoms with van der Waals surface area (Å²) in [5, 5.41) is 8.25. The van der Waals surface area contributed by atoms with Gasteiger partial charge in [-0.1, -0.05) is 0 Å². The zero-order valence-corrected chi connectivity index (χ0v) is 5.97. The highest BCUT2D eigenvalue weighted by Gasteiger charge is 2.03. The van der Waals surface area contributed by atoms with Crippen molar-refractivity contribution in [3.05, 3.63) is 0 Å². The fourth-order valence-corrected chi connectivity index (χ4v) is 0.490. The molecular weight excluding hydrogens is 121 g/mol. The molecule has 0 aromatic heterocycles. The van der Waals surface area contributed by atoms with Gasteiger partial charge in [-0.2, -0.15) is 0 Å². The van der Waals surface area contributed by atoms with Crippen molar-refractivity contribution in [3.8, 4) is 0 Å². The van der Waals surface area contributed by atoms with Crippen LogP contribution in [-0.2, 0) is 0 Å². The molecule has 1 N–H and O–H groups in total. The third-order valence-corrected chi connectivity index (χ3v) is 1.09. The van der Waals surface area contributed by atoms with Crippen molar-refractivity contribution < 1.29 is 9.50 Å². The van der Waals surface area contributed by atoms with Gasteiger partial charge in [0.1, 0.15) is 6.17 Å². The fraction of sp³-hybridized carbons (Fsp3) is 1.00. The molecular formula is C6H14FNO. The van der Waals surface area contributed by atoms with E-state index in [0.717, 1.165) is 0 Å². The second-order valence-corrected chi connectivity index (χ2v) is 2.37. The Morgan fingerprint density at radius 3 is 2.44 bits per heavy atom. The monoisotopic (exact) mass is 135 g/mol. The summed E-state index contributed by atoms with van der Waals surface area (Å²) in [4.78, 5) is 1.89. The summed E-state index contributed by atoms with van der Waals surface area (Å²) in [5.41, 5.74) is 0. The topological polar surface area (TPSA) is 23.5 Å². The van der Waals surface area contributed by atoms with E-state index in [1.54, 1.807) is 0 Å². The molecule has 9 heavy (non-hydrogen) atoms. The molecule has 0 heterocycles. The molecule has 0 saturated carbocycles. The molecule has 56 valence electrons. The molecule has 1 unspecified atom stereocenters. The number of rotatable bonds is 4. The van der Waals surface area contributed by atoms with Crippen LogP contribution in [0.4, 0.5) is 4.39 Å². The number of nitrogens with zero attached hydrogens (tertiary/aromatic N) is 1. The number of aliphatic hydroxyl groups excluding tert-OH is 1. The van der Waals surface area contributed by atoms with E-state index in [0.29, 0.717) is 13.0 Å². The number of hydrogen-bond acceptors (Lipinski definition) is 2.